The van der Waals surface area contributed by atoms with Crippen molar-refractivity contribution in [2.24, 2.45) is 4.99 Å². The molecule has 5 heteroatoms. The van der Waals surface area contributed by atoms with Crippen LogP contribution >= 0.6 is 0 Å². The fourth-order valence-corrected chi connectivity index (χ4v) is 3.96. The Morgan fingerprint density at radius 2 is 1.94 bits per heavy atom. The minimum atomic E-state index is -0.153. The summed E-state index contributed by atoms with van der Waals surface area (Å²) in [5.74, 6) is 1.53. The second-order valence-corrected chi connectivity index (χ2v) is 7.78. The zero-order valence-electron chi connectivity index (χ0n) is 18.0. The molecule has 0 spiro atoms. The zero-order chi connectivity index (χ0) is 22.0. The molecule has 0 radical (unpaired) electrons. The third kappa shape index (κ3) is 4.17. The summed E-state index contributed by atoms with van der Waals surface area (Å²) < 4.78 is 11.5. The first-order valence-corrected chi connectivity index (χ1v) is 10.4. The SMILES string of the molecule is CO/C(C)=C\C(C)OC1=CC(N=C2C=CC=CC2=N)C1c1ccc2ccccc2c1N. The van der Waals surface area contributed by atoms with E-state index in [-0.39, 0.29) is 18.1 Å². The monoisotopic (exact) mass is 413 g/mol. The summed E-state index contributed by atoms with van der Waals surface area (Å²) in [6.07, 6.45) is 11.2. The first kappa shape index (κ1) is 20.7. The number of anilines is 1. The minimum Gasteiger partial charge on any atom is -0.502 e. The Morgan fingerprint density at radius 3 is 2.71 bits per heavy atom. The van der Waals surface area contributed by atoms with Crippen LogP contribution < -0.4 is 5.73 Å². The Labute approximate surface area is 182 Å². The Balaban J connectivity index is 1.72. The van der Waals surface area contributed by atoms with Gasteiger partial charge in [-0.15, -0.1) is 0 Å². The number of allylic oxidation sites excluding steroid dienone is 5. The summed E-state index contributed by atoms with van der Waals surface area (Å²) in [4.78, 5) is 4.84. The van der Waals surface area contributed by atoms with Crippen LogP contribution in [0.5, 0.6) is 0 Å². The molecule has 0 bridgehead atoms. The van der Waals surface area contributed by atoms with E-state index in [0.717, 1.165) is 33.5 Å². The van der Waals surface area contributed by atoms with Crippen molar-refractivity contribution < 1.29 is 9.47 Å². The smallest absolute Gasteiger partial charge is 0.117 e. The van der Waals surface area contributed by atoms with E-state index >= 15 is 0 Å². The van der Waals surface area contributed by atoms with E-state index in [1.54, 1.807) is 13.2 Å². The van der Waals surface area contributed by atoms with E-state index in [1.807, 2.05) is 62.4 Å². The van der Waals surface area contributed by atoms with Gasteiger partial charge in [0.15, 0.2) is 0 Å². The Kier molecular flexibility index (Phi) is 5.76. The predicted molar refractivity (Wildman–Crippen MR) is 128 cm³/mol. The Morgan fingerprint density at radius 1 is 1.16 bits per heavy atom. The van der Waals surface area contributed by atoms with Gasteiger partial charge in [0.25, 0.3) is 0 Å². The molecule has 158 valence electrons. The van der Waals surface area contributed by atoms with E-state index in [9.17, 15) is 0 Å². The van der Waals surface area contributed by atoms with Gasteiger partial charge in [-0.25, -0.2) is 0 Å². The van der Waals surface area contributed by atoms with Gasteiger partial charge < -0.3 is 15.2 Å². The van der Waals surface area contributed by atoms with Gasteiger partial charge in [-0.3, -0.25) is 10.4 Å². The number of nitrogens with two attached hydrogens (primary N) is 1. The molecule has 2 aliphatic carbocycles. The van der Waals surface area contributed by atoms with Crippen molar-refractivity contribution in [1.82, 2.24) is 0 Å². The highest BCUT2D eigenvalue weighted by Crippen LogP contribution is 2.44. The first-order chi connectivity index (χ1) is 15.0. The number of fused-ring (bicyclic) bond motifs is 1. The van der Waals surface area contributed by atoms with Crippen LogP contribution in [0.1, 0.15) is 25.3 Å². The number of nitrogens with one attached hydrogen (secondary N) is 1. The summed E-state index contributed by atoms with van der Waals surface area (Å²) in [5.41, 5.74) is 9.42. The van der Waals surface area contributed by atoms with E-state index < -0.39 is 0 Å². The fraction of sp³-hybridized carbons (Fsp3) is 0.231. The fourth-order valence-electron chi connectivity index (χ4n) is 3.96. The van der Waals surface area contributed by atoms with E-state index in [2.05, 4.69) is 18.2 Å². The third-order valence-electron chi connectivity index (χ3n) is 5.63. The number of hydrogen-bond acceptors (Lipinski definition) is 5. The number of methoxy groups -OCH3 is 1. The summed E-state index contributed by atoms with van der Waals surface area (Å²) in [6.45, 7) is 3.88. The molecule has 5 nitrogen and oxygen atoms in total. The normalized spacial score (nSPS) is 22.9. The molecule has 4 rings (SSSR count). The van der Waals surface area contributed by atoms with Gasteiger partial charge in [0.05, 0.1) is 36.3 Å². The molecule has 0 saturated heterocycles. The molecule has 0 fully saturated rings. The van der Waals surface area contributed by atoms with Crippen LogP contribution in [0, 0.1) is 5.41 Å². The van der Waals surface area contributed by atoms with Crippen molar-refractivity contribution >= 4 is 27.9 Å². The number of ether oxygens (including phenoxy) is 2. The molecule has 0 heterocycles. The van der Waals surface area contributed by atoms with Gasteiger partial charge in [0, 0.05) is 11.1 Å². The molecule has 0 aromatic heterocycles. The minimum absolute atomic E-state index is 0.108. The standard InChI is InChI=1S/C26H27N3O2/c1-16(30-3)14-17(2)31-24-15-23(29-22-11-7-6-10-21(22)27)25(24)20-13-12-18-8-4-5-9-19(18)26(20)28/h4-15,17,23,25,27H,28H2,1-3H3/b16-14-,27-21?,29-22?. The van der Waals surface area contributed by atoms with Crippen molar-refractivity contribution in [3.8, 4) is 0 Å². The molecule has 2 aromatic rings. The van der Waals surface area contributed by atoms with Crippen LogP contribution in [0.15, 0.2) is 89.4 Å². The van der Waals surface area contributed by atoms with Crippen LogP contribution in [0.2, 0.25) is 0 Å². The number of hydrogen-bond donors (Lipinski definition) is 2. The number of benzene rings is 2. The average Bonchev–Trinajstić information content (AvgIpc) is 2.76. The van der Waals surface area contributed by atoms with Crippen LogP contribution in [0.4, 0.5) is 5.69 Å². The van der Waals surface area contributed by atoms with Crippen molar-refractivity contribution in [1.29, 1.82) is 5.41 Å². The summed E-state index contributed by atoms with van der Waals surface area (Å²) in [5, 5.41) is 10.3. The van der Waals surface area contributed by atoms with Gasteiger partial charge in [-0.1, -0.05) is 48.6 Å². The van der Waals surface area contributed by atoms with Crippen LogP contribution in [0.25, 0.3) is 10.8 Å². The molecule has 0 saturated carbocycles. The van der Waals surface area contributed by atoms with Crippen molar-refractivity contribution in [3.05, 3.63) is 89.9 Å². The molecule has 2 aliphatic rings. The first-order valence-electron chi connectivity index (χ1n) is 10.4. The highest BCUT2D eigenvalue weighted by Gasteiger charge is 2.38. The van der Waals surface area contributed by atoms with Gasteiger partial charge in [-0.05, 0) is 49.1 Å². The number of nitrogen functional groups attached to an aromatic ring is 1. The summed E-state index contributed by atoms with van der Waals surface area (Å²) >= 11 is 0. The maximum Gasteiger partial charge on any atom is 0.117 e. The Hall–Kier alpha value is -3.60. The lowest BCUT2D eigenvalue weighted by Crippen LogP contribution is -2.32. The highest BCUT2D eigenvalue weighted by atomic mass is 16.5. The van der Waals surface area contributed by atoms with Crippen LogP contribution in [0.3, 0.4) is 0 Å². The highest BCUT2D eigenvalue weighted by molar-refractivity contribution is 6.50. The summed E-state index contributed by atoms with van der Waals surface area (Å²) in [6, 6.07) is 12.1. The van der Waals surface area contributed by atoms with Crippen LogP contribution in [-0.4, -0.2) is 30.7 Å². The van der Waals surface area contributed by atoms with Gasteiger partial charge in [-0.2, -0.15) is 0 Å². The molecule has 2 aromatic carbocycles. The summed E-state index contributed by atoms with van der Waals surface area (Å²) in [7, 11) is 1.65. The molecule has 0 aliphatic heterocycles. The van der Waals surface area contributed by atoms with Crippen molar-refractivity contribution in [3.63, 3.8) is 0 Å². The van der Waals surface area contributed by atoms with Gasteiger partial charge in [0.2, 0.25) is 0 Å². The quantitative estimate of drug-likeness (QED) is 0.382. The molecule has 0 amide bonds. The molecule has 3 unspecified atom stereocenters. The molecular weight excluding hydrogens is 386 g/mol. The maximum atomic E-state index is 8.15. The molecule has 3 atom stereocenters. The second kappa shape index (κ2) is 8.64. The lowest BCUT2D eigenvalue weighted by Gasteiger charge is -2.36. The van der Waals surface area contributed by atoms with E-state index in [1.165, 1.54) is 0 Å². The van der Waals surface area contributed by atoms with Crippen LogP contribution in [-0.2, 0) is 9.47 Å². The van der Waals surface area contributed by atoms with Gasteiger partial charge >= 0.3 is 0 Å². The van der Waals surface area contributed by atoms with Gasteiger partial charge in [0.1, 0.15) is 11.9 Å². The third-order valence-corrected chi connectivity index (χ3v) is 5.63. The average molecular weight is 414 g/mol. The van der Waals surface area contributed by atoms with Crippen molar-refractivity contribution in [2.45, 2.75) is 31.9 Å². The van der Waals surface area contributed by atoms with E-state index in [0.29, 0.717) is 11.4 Å². The second-order valence-electron chi connectivity index (χ2n) is 7.78. The lowest BCUT2D eigenvalue weighted by molar-refractivity contribution is 0.131. The number of nitrogens with zero attached hydrogens (tertiary/aromatic N) is 1. The lowest BCUT2D eigenvalue weighted by atomic mass is 9.79. The topological polar surface area (TPSA) is 80.7 Å². The molecule has 3 N–H and O–H groups in total. The number of aliphatic imine (C=N–C) groups is 1. The Bertz CT molecular complexity index is 1170. The number of rotatable bonds is 6. The predicted octanol–water partition coefficient (Wildman–Crippen LogP) is 5.31. The maximum absolute atomic E-state index is 8.15. The zero-order valence-corrected chi connectivity index (χ0v) is 18.0. The van der Waals surface area contributed by atoms with E-state index in [4.69, 9.17) is 25.6 Å². The molecule has 31 heavy (non-hydrogen) atoms. The molecular formula is C26H27N3O2. The largest absolute Gasteiger partial charge is 0.502 e. The van der Waals surface area contributed by atoms with Crippen molar-refractivity contribution in [2.75, 3.05) is 12.8 Å².